The van der Waals surface area contributed by atoms with Gasteiger partial charge in [-0.1, -0.05) is 72.0 Å². The van der Waals surface area contributed by atoms with Crippen LogP contribution in [-0.2, 0) is 9.53 Å². The van der Waals surface area contributed by atoms with Crippen molar-refractivity contribution in [1.82, 2.24) is 14.8 Å². The van der Waals surface area contributed by atoms with E-state index in [4.69, 9.17) is 4.74 Å². The topological polar surface area (TPSA) is 89.3 Å². The Kier molecular flexibility index (Phi) is 5.81. The van der Waals surface area contributed by atoms with Crippen LogP contribution in [0.25, 0.3) is 17.3 Å². The van der Waals surface area contributed by atoms with Crippen LogP contribution in [0, 0.1) is 0 Å². The minimum absolute atomic E-state index is 0.216. The van der Waals surface area contributed by atoms with Gasteiger partial charge in [-0.15, -0.1) is 0 Å². The fourth-order valence-electron chi connectivity index (χ4n) is 4.12. The summed E-state index contributed by atoms with van der Waals surface area (Å²) in [6.45, 7) is 3.78. The van der Waals surface area contributed by atoms with Gasteiger partial charge in [0.25, 0.3) is 5.56 Å². The maximum atomic E-state index is 13.7. The monoisotopic (exact) mass is 470 g/mol. The lowest BCUT2D eigenvalue weighted by Gasteiger charge is -2.24. The van der Waals surface area contributed by atoms with Gasteiger partial charge in [-0.2, -0.15) is 5.10 Å². The summed E-state index contributed by atoms with van der Waals surface area (Å²) in [5.41, 5.74) is 4.13. The van der Waals surface area contributed by atoms with E-state index in [9.17, 15) is 9.59 Å². The van der Waals surface area contributed by atoms with E-state index >= 15 is 0 Å². The Balaban J connectivity index is 1.70. The summed E-state index contributed by atoms with van der Waals surface area (Å²) in [6.07, 6.45) is 3.52. The lowest BCUT2D eigenvalue weighted by Crippen LogP contribution is -2.39. The molecule has 2 aromatic carbocycles. The molecule has 4 aromatic rings. The number of rotatable bonds is 5. The Hall–Kier alpha value is -4.04. The van der Waals surface area contributed by atoms with E-state index in [0.29, 0.717) is 20.6 Å². The van der Waals surface area contributed by atoms with Crippen LogP contribution in [0.2, 0.25) is 0 Å². The first-order valence-electron chi connectivity index (χ1n) is 10.9. The van der Waals surface area contributed by atoms with Crippen LogP contribution in [0.3, 0.4) is 0 Å². The maximum Gasteiger partial charge on any atom is 0.338 e. The van der Waals surface area contributed by atoms with Gasteiger partial charge in [-0.3, -0.25) is 14.5 Å². The SMILES string of the molecule is CCOC(=O)C1=C(C)N=c2sc(=Cc3cn[nH]c3-c3ccccc3)c(=O)n2C1c1ccccc1. The summed E-state index contributed by atoms with van der Waals surface area (Å²) in [6, 6.07) is 18.7. The summed E-state index contributed by atoms with van der Waals surface area (Å²) < 4.78 is 7.43. The first-order valence-corrected chi connectivity index (χ1v) is 11.7. The van der Waals surface area contributed by atoms with Crippen LogP contribution in [0.4, 0.5) is 0 Å². The van der Waals surface area contributed by atoms with Crippen molar-refractivity contribution in [1.29, 1.82) is 0 Å². The van der Waals surface area contributed by atoms with Gasteiger partial charge in [-0.05, 0) is 25.5 Å². The summed E-state index contributed by atoms with van der Waals surface area (Å²) >= 11 is 1.29. The molecule has 0 radical (unpaired) electrons. The molecule has 0 aliphatic carbocycles. The number of H-pyrrole nitrogens is 1. The van der Waals surface area contributed by atoms with Crippen molar-refractivity contribution >= 4 is 23.4 Å². The van der Waals surface area contributed by atoms with Crippen LogP contribution in [0.5, 0.6) is 0 Å². The van der Waals surface area contributed by atoms with Crippen molar-refractivity contribution in [3.8, 4) is 11.3 Å². The molecule has 170 valence electrons. The Morgan fingerprint density at radius 3 is 2.56 bits per heavy atom. The minimum Gasteiger partial charge on any atom is -0.463 e. The number of hydrogen-bond acceptors (Lipinski definition) is 6. The second-order valence-electron chi connectivity index (χ2n) is 7.78. The van der Waals surface area contributed by atoms with E-state index in [1.165, 1.54) is 11.3 Å². The molecule has 34 heavy (non-hydrogen) atoms. The summed E-state index contributed by atoms with van der Waals surface area (Å²) in [4.78, 5) is 31.7. The molecule has 8 heteroatoms. The second-order valence-corrected chi connectivity index (χ2v) is 8.79. The molecule has 1 aliphatic heterocycles. The second kappa shape index (κ2) is 9.07. The highest BCUT2D eigenvalue weighted by atomic mass is 32.1. The number of esters is 1. The van der Waals surface area contributed by atoms with E-state index < -0.39 is 12.0 Å². The Bertz CT molecular complexity index is 1560. The number of aromatic nitrogens is 3. The zero-order valence-corrected chi connectivity index (χ0v) is 19.5. The smallest absolute Gasteiger partial charge is 0.338 e. The van der Waals surface area contributed by atoms with Crippen molar-refractivity contribution in [3.63, 3.8) is 0 Å². The number of ether oxygens (including phenoxy) is 1. The van der Waals surface area contributed by atoms with Crippen molar-refractivity contribution in [2.24, 2.45) is 4.99 Å². The number of carbonyl (C=O) groups is 1. The molecular weight excluding hydrogens is 448 g/mol. The maximum absolute atomic E-state index is 13.7. The van der Waals surface area contributed by atoms with E-state index in [0.717, 1.165) is 22.4 Å². The number of aromatic amines is 1. The number of nitrogens with zero attached hydrogens (tertiary/aromatic N) is 3. The van der Waals surface area contributed by atoms with E-state index in [-0.39, 0.29) is 12.2 Å². The van der Waals surface area contributed by atoms with E-state index in [1.54, 1.807) is 24.6 Å². The fourth-order valence-corrected chi connectivity index (χ4v) is 5.16. The highest BCUT2D eigenvalue weighted by Gasteiger charge is 2.33. The predicted octanol–water partition coefficient (Wildman–Crippen LogP) is 3.19. The molecule has 2 aromatic heterocycles. The molecule has 0 bridgehead atoms. The van der Waals surface area contributed by atoms with Gasteiger partial charge in [0.2, 0.25) is 0 Å². The Morgan fingerprint density at radius 1 is 1.15 bits per heavy atom. The summed E-state index contributed by atoms with van der Waals surface area (Å²) in [7, 11) is 0. The predicted molar refractivity (Wildman–Crippen MR) is 131 cm³/mol. The van der Waals surface area contributed by atoms with Crippen LogP contribution < -0.4 is 14.9 Å². The largest absolute Gasteiger partial charge is 0.463 e. The van der Waals surface area contributed by atoms with Crippen LogP contribution in [-0.4, -0.2) is 27.3 Å². The molecule has 1 unspecified atom stereocenters. The van der Waals surface area contributed by atoms with Crippen LogP contribution >= 0.6 is 11.3 Å². The number of thiazole rings is 1. The number of carbonyl (C=O) groups excluding carboxylic acids is 1. The number of hydrogen-bond donors (Lipinski definition) is 1. The van der Waals surface area contributed by atoms with Crippen molar-refractivity contribution < 1.29 is 9.53 Å². The van der Waals surface area contributed by atoms with Gasteiger partial charge in [0.1, 0.15) is 0 Å². The molecule has 1 N–H and O–H groups in total. The Labute approximate surface area is 199 Å². The summed E-state index contributed by atoms with van der Waals surface area (Å²) in [5, 5.41) is 7.21. The first kappa shape index (κ1) is 21.8. The number of fused-ring (bicyclic) bond motifs is 1. The van der Waals surface area contributed by atoms with Gasteiger partial charge in [0, 0.05) is 11.1 Å². The third-order valence-electron chi connectivity index (χ3n) is 5.65. The van der Waals surface area contributed by atoms with Gasteiger partial charge < -0.3 is 4.74 Å². The van der Waals surface area contributed by atoms with Gasteiger partial charge in [-0.25, -0.2) is 9.79 Å². The standard InChI is InChI=1S/C26H22N4O3S/c1-3-33-25(32)21-16(2)28-26-30(23(21)18-12-8-5-9-13-18)24(31)20(34-26)14-19-15-27-29-22(19)17-10-6-4-7-11-17/h4-15,23H,3H2,1-2H3,(H,27,29). The fraction of sp³-hybridized carbons (Fsp3) is 0.154. The summed E-state index contributed by atoms with van der Waals surface area (Å²) in [5.74, 6) is -0.465. The van der Waals surface area contributed by atoms with E-state index in [1.807, 2.05) is 66.7 Å². The molecule has 7 nitrogen and oxygen atoms in total. The lowest BCUT2D eigenvalue weighted by atomic mass is 9.96. The third kappa shape index (κ3) is 3.82. The molecule has 0 saturated carbocycles. The molecule has 0 fully saturated rings. The third-order valence-corrected chi connectivity index (χ3v) is 6.63. The zero-order valence-electron chi connectivity index (χ0n) is 18.7. The van der Waals surface area contributed by atoms with Crippen molar-refractivity contribution in [2.75, 3.05) is 6.61 Å². The van der Waals surface area contributed by atoms with Crippen LogP contribution in [0.15, 0.2) is 87.9 Å². The van der Waals surface area contributed by atoms with Gasteiger partial charge >= 0.3 is 5.97 Å². The molecule has 0 spiro atoms. The van der Waals surface area contributed by atoms with Gasteiger partial charge in [0.15, 0.2) is 4.80 Å². The number of nitrogens with one attached hydrogen (secondary N) is 1. The average molecular weight is 471 g/mol. The first-order chi connectivity index (χ1) is 16.6. The molecule has 3 heterocycles. The highest BCUT2D eigenvalue weighted by molar-refractivity contribution is 7.07. The van der Waals surface area contributed by atoms with Crippen molar-refractivity contribution in [2.45, 2.75) is 19.9 Å². The minimum atomic E-state index is -0.614. The molecular formula is C26H22N4O3S. The number of allylic oxidation sites excluding steroid dienone is 1. The average Bonchev–Trinajstić information content (AvgIpc) is 3.44. The molecule has 0 saturated heterocycles. The quantitative estimate of drug-likeness (QED) is 0.454. The lowest BCUT2D eigenvalue weighted by molar-refractivity contribution is -0.139. The van der Waals surface area contributed by atoms with Crippen LogP contribution in [0.1, 0.15) is 31.0 Å². The Morgan fingerprint density at radius 2 is 1.85 bits per heavy atom. The number of benzene rings is 2. The normalized spacial score (nSPS) is 15.7. The zero-order chi connectivity index (χ0) is 23.7. The molecule has 1 atom stereocenters. The molecule has 1 aliphatic rings. The van der Waals surface area contributed by atoms with E-state index in [2.05, 4.69) is 15.2 Å². The van der Waals surface area contributed by atoms with Crippen molar-refractivity contribution in [3.05, 3.63) is 109 Å². The highest BCUT2D eigenvalue weighted by Crippen LogP contribution is 2.30. The molecule has 5 rings (SSSR count). The molecule has 0 amide bonds. The van der Waals surface area contributed by atoms with Gasteiger partial charge in [0.05, 0.1) is 40.3 Å².